The van der Waals surface area contributed by atoms with Gasteiger partial charge in [0.2, 0.25) is 5.95 Å². The smallest absolute Gasteiger partial charge is 0.330 e. The molecule has 2 N–H and O–H groups in total. The van der Waals surface area contributed by atoms with E-state index < -0.39 is 0 Å². The summed E-state index contributed by atoms with van der Waals surface area (Å²) in [5, 5.41) is 0. The molecule has 1 heterocycles. The summed E-state index contributed by atoms with van der Waals surface area (Å²) < 4.78 is 23.8. The second-order valence-corrected chi connectivity index (χ2v) is 4.12. The van der Waals surface area contributed by atoms with Crippen molar-refractivity contribution in [2.24, 2.45) is 0 Å². The SMILES string of the molecule is CCCOc1nc(N)nc(Oc2ccc(F)cc2C)n1. The Hall–Kier alpha value is -2.44. The van der Waals surface area contributed by atoms with E-state index in [1.165, 1.54) is 18.2 Å². The van der Waals surface area contributed by atoms with Crippen molar-refractivity contribution in [3.8, 4) is 17.8 Å². The number of hydrogen-bond acceptors (Lipinski definition) is 6. The summed E-state index contributed by atoms with van der Waals surface area (Å²) >= 11 is 0. The number of nitrogen functional groups attached to an aromatic ring is 1. The van der Waals surface area contributed by atoms with Crippen LogP contribution in [0.5, 0.6) is 17.8 Å². The Morgan fingerprint density at radius 1 is 1.20 bits per heavy atom. The Bertz CT molecular complexity index is 607. The molecule has 0 aliphatic carbocycles. The molecule has 0 atom stereocenters. The fraction of sp³-hybridized carbons (Fsp3) is 0.308. The van der Waals surface area contributed by atoms with Crippen LogP contribution in [-0.4, -0.2) is 21.6 Å². The van der Waals surface area contributed by atoms with Crippen LogP contribution in [0, 0.1) is 12.7 Å². The normalized spacial score (nSPS) is 10.3. The minimum absolute atomic E-state index is 0.000804. The molecule has 20 heavy (non-hydrogen) atoms. The topological polar surface area (TPSA) is 83.2 Å². The highest BCUT2D eigenvalue weighted by atomic mass is 19.1. The number of rotatable bonds is 5. The van der Waals surface area contributed by atoms with Crippen molar-refractivity contribution in [2.45, 2.75) is 20.3 Å². The fourth-order valence-corrected chi connectivity index (χ4v) is 1.48. The first-order chi connectivity index (χ1) is 9.58. The third-order valence-corrected chi connectivity index (χ3v) is 2.39. The molecule has 1 aromatic heterocycles. The Kier molecular flexibility index (Phi) is 4.29. The van der Waals surface area contributed by atoms with Crippen molar-refractivity contribution < 1.29 is 13.9 Å². The molecule has 0 aliphatic rings. The van der Waals surface area contributed by atoms with Gasteiger partial charge in [0.1, 0.15) is 11.6 Å². The second kappa shape index (κ2) is 6.14. The minimum Gasteiger partial charge on any atom is -0.463 e. The van der Waals surface area contributed by atoms with Crippen molar-refractivity contribution in [3.63, 3.8) is 0 Å². The van der Waals surface area contributed by atoms with Gasteiger partial charge in [-0.1, -0.05) is 6.92 Å². The van der Waals surface area contributed by atoms with Gasteiger partial charge in [-0.05, 0) is 37.1 Å². The highest BCUT2D eigenvalue weighted by Crippen LogP contribution is 2.24. The van der Waals surface area contributed by atoms with Crippen molar-refractivity contribution in [2.75, 3.05) is 12.3 Å². The lowest BCUT2D eigenvalue weighted by atomic mass is 10.2. The zero-order chi connectivity index (χ0) is 14.5. The maximum Gasteiger partial charge on any atom is 0.330 e. The number of hydrogen-bond donors (Lipinski definition) is 1. The van der Waals surface area contributed by atoms with E-state index in [4.69, 9.17) is 15.2 Å². The molecular weight excluding hydrogens is 263 g/mol. The Morgan fingerprint density at radius 3 is 2.65 bits per heavy atom. The average molecular weight is 278 g/mol. The zero-order valence-corrected chi connectivity index (χ0v) is 11.3. The van der Waals surface area contributed by atoms with Crippen molar-refractivity contribution >= 4 is 5.95 Å². The van der Waals surface area contributed by atoms with Crippen LogP contribution in [-0.2, 0) is 0 Å². The zero-order valence-electron chi connectivity index (χ0n) is 11.3. The van der Waals surface area contributed by atoms with Crippen LogP contribution in [0.2, 0.25) is 0 Å². The number of anilines is 1. The maximum absolute atomic E-state index is 13.0. The van der Waals surface area contributed by atoms with Gasteiger partial charge in [-0.15, -0.1) is 4.98 Å². The molecule has 0 saturated carbocycles. The monoisotopic (exact) mass is 278 g/mol. The van der Waals surface area contributed by atoms with E-state index in [-0.39, 0.29) is 23.8 Å². The number of ether oxygens (including phenoxy) is 2. The van der Waals surface area contributed by atoms with Gasteiger partial charge in [-0.3, -0.25) is 0 Å². The van der Waals surface area contributed by atoms with E-state index in [0.29, 0.717) is 17.9 Å². The lowest BCUT2D eigenvalue weighted by Crippen LogP contribution is -2.06. The predicted octanol–water partition coefficient (Wildman–Crippen LogP) is 2.48. The van der Waals surface area contributed by atoms with E-state index in [2.05, 4.69) is 15.0 Å². The molecule has 1 aromatic carbocycles. The lowest BCUT2D eigenvalue weighted by molar-refractivity contribution is 0.285. The molecule has 106 valence electrons. The number of benzene rings is 1. The van der Waals surface area contributed by atoms with Crippen molar-refractivity contribution in [1.29, 1.82) is 0 Å². The Balaban J connectivity index is 2.21. The van der Waals surface area contributed by atoms with E-state index in [9.17, 15) is 4.39 Å². The van der Waals surface area contributed by atoms with Gasteiger partial charge in [0.25, 0.3) is 0 Å². The fourth-order valence-electron chi connectivity index (χ4n) is 1.48. The highest BCUT2D eigenvalue weighted by molar-refractivity contribution is 5.35. The third kappa shape index (κ3) is 3.53. The standard InChI is InChI=1S/C13H15FN4O2/c1-3-6-19-12-16-11(15)17-13(18-12)20-10-5-4-9(14)7-8(10)2/h4-5,7H,3,6H2,1-2H3,(H2,15,16,17,18). The summed E-state index contributed by atoms with van der Waals surface area (Å²) in [5.41, 5.74) is 6.19. The second-order valence-electron chi connectivity index (χ2n) is 4.12. The molecule has 0 amide bonds. The molecule has 0 fully saturated rings. The molecule has 2 rings (SSSR count). The Morgan fingerprint density at radius 2 is 1.95 bits per heavy atom. The van der Waals surface area contributed by atoms with Gasteiger partial charge in [0, 0.05) is 0 Å². The van der Waals surface area contributed by atoms with Crippen molar-refractivity contribution in [1.82, 2.24) is 15.0 Å². The van der Waals surface area contributed by atoms with Gasteiger partial charge in [0.05, 0.1) is 6.61 Å². The number of nitrogens with two attached hydrogens (primary N) is 1. The average Bonchev–Trinajstić information content (AvgIpc) is 2.39. The minimum atomic E-state index is -0.336. The van der Waals surface area contributed by atoms with Crippen LogP contribution >= 0.6 is 0 Å². The molecule has 0 saturated heterocycles. The summed E-state index contributed by atoms with van der Waals surface area (Å²) in [7, 11) is 0. The van der Waals surface area contributed by atoms with Gasteiger partial charge in [0.15, 0.2) is 0 Å². The molecule has 6 nitrogen and oxygen atoms in total. The highest BCUT2D eigenvalue weighted by Gasteiger charge is 2.09. The van der Waals surface area contributed by atoms with Crippen LogP contribution in [0.3, 0.4) is 0 Å². The quantitative estimate of drug-likeness (QED) is 0.904. The van der Waals surface area contributed by atoms with E-state index in [1.807, 2.05) is 6.92 Å². The predicted molar refractivity (Wildman–Crippen MR) is 71.2 cm³/mol. The first-order valence-electron chi connectivity index (χ1n) is 6.17. The molecule has 7 heteroatoms. The summed E-state index contributed by atoms with van der Waals surface area (Å²) in [4.78, 5) is 11.7. The number of aryl methyl sites for hydroxylation is 1. The van der Waals surface area contributed by atoms with Crippen LogP contribution < -0.4 is 15.2 Å². The maximum atomic E-state index is 13.0. The van der Waals surface area contributed by atoms with Crippen LogP contribution in [0.25, 0.3) is 0 Å². The largest absolute Gasteiger partial charge is 0.463 e. The van der Waals surface area contributed by atoms with Gasteiger partial charge < -0.3 is 15.2 Å². The van der Waals surface area contributed by atoms with Gasteiger partial charge in [-0.25, -0.2) is 4.39 Å². The first-order valence-corrected chi connectivity index (χ1v) is 6.17. The van der Waals surface area contributed by atoms with E-state index in [0.717, 1.165) is 6.42 Å². The number of nitrogens with zero attached hydrogens (tertiary/aromatic N) is 3. The summed E-state index contributed by atoms with van der Waals surface area (Å²) in [6, 6.07) is 4.26. The molecule has 0 spiro atoms. The van der Waals surface area contributed by atoms with Gasteiger partial charge in [-0.2, -0.15) is 9.97 Å². The molecule has 0 radical (unpaired) electrons. The summed E-state index contributed by atoms with van der Waals surface area (Å²) in [5.74, 6) is 0.108. The van der Waals surface area contributed by atoms with Gasteiger partial charge >= 0.3 is 12.0 Å². The molecule has 0 unspecified atom stereocenters. The van der Waals surface area contributed by atoms with Crippen LogP contribution in [0.4, 0.5) is 10.3 Å². The van der Waals surface area contributed by atoms with Crippen molar-refractivity contribution in [3.05, 3.63) is 29.6 Å². The first kappa shape index (κ1) is 14.0. The summed E-state index contributed by atoms with van der Waals surface area (Å²) in [6.07, 6.45) is 0.818. The number of aromatic nitrogens is 3. The third-order valence-electron chi connectivity index (χ3n) is 2.39. The lowest BCUT2D eigenvalue weighted by Gasteiger charge is -2.08. The summed E-state index contributed by atoms with van der Waals surface area (Å²) in [6.45, 7) is 4.15. The Labute approximate surface area is 115 Å². The molecule has 2 aromatic rings. The molecule has 0 aliphatic heterocycles. The van der Waals surface area contributed by atoms with E-state index in [1.54, 1.807) is 6.92 Å². The molecule has 0 bridgehead atoms. The van der Waals surface area contributed by atoms with E-state index >= 15 is 0 Å². The van der Waals surface area contributed by atoms with Crippen LogP contribution in [0.1, 0.15) is 18.9 Å². The van der Waals surface area contributed by atoms with Crippen LogP contribution in [0.15, 0.2) is 18.2 Å². The number of halogens is 1. The molecular formula is C13H15FN4O2.